The Bertz CT molecular complexity index is 720. The number of hydrogen-bond acceptors (Lipinski definition) is 3. The van der Waals surface area contributed by atoms with Crippen molar-refractivity contribution in [2.75, 3.05) is 5.32 Å². The van der Waals surface area contributed by atoms with E-state index in [0.717, 1.165) is 9.35 Å². The third-order valence-corrected chi connectivity index (χ3v) is 4.38. The lowest BCUT2D eigenvalue weighted by Crippen LogP contribution is -2.34. The Morgan fingerprint density at radius 1 is 1.22 bits per heavy atom. The molecule has 0 radical (unpaired) electrons. The largest absolute Gasteiger partial charge is 0.336 e. The quantitative estimate of drug-likeness (QED) is 0.559. The SMILES string of the molecule is CC(C)NC(=O)Nc1ccc(C(=O)/C=C/c2csc(Br)c2)cc1. The monoisotopic (exact) mass is 392 g/mol. The van der Waals surface area contributed by atoms with Gasteiger partial charge in [-0.1, -0.05) is 6.08 Å². The van der Waals surface area contributed by atoms with Gasteiger partial charge in [-0.2, -0.15) is 0 Å². The Labute approximate surface area is 147 Å². The Morgan fingerprint density at radius 2 is 1.91 bits per heavy atom. The summed E-state index contributed by atoms with van der Waals surface area (Å²) in [5.41, 5.74) is 2.20. The number of ketones is 1. The van der Waals surface area contributed by atoms with Gasteiger partial charge in [-0.3, -0.25) is 4.79 Å². The Kier molecular flexibility index (Phi) is 6.12. The predicted molar refractivity (Wildman–Crippen MR) is 99.1 cm³/mol. The van der Waals surface area contributed by atoms with Gasteiger partial charge in [0, 0.05) is 17.3 Å². The zero-order valence-electron chi connectivity index (χ0n) is 12.8. The molecule has 1 aromatic carbocycles. The van der Waals surface area contributed by atoms with E-state index in [9.17, 15) is 9.59 Å². The van der Waals surface area contributed by atoms with Crippen LogP contribution in [0.25, 0.3) is 6.08 Å². The summed E-state index contributed by atoms with van der Waals surface area (Å²) in [5.74, 6) is -0.0782. The summed E-state index contributed by atoms with van der Waals surface area (Å²) in [6.07, 6.45) is 3.33. The molecule has 6 heteroatoms. The second-order valence-electron chi connectivity index (χ2n) is 5.21. The van der Waals surface area contributed by atoms with Crippen LogP contribution in [-0.4, -0.2) is 17.9 Å². The summed E-state index contributed by atoms with van der Waals surface area (Å²) in [7, 11) is 0. The molecule has 0 fully saturated rings. The third-order valence-electron chi connectivity index (χ3n) is 2.86. The van der Waals surface area contributed by atoms with Crippen LogP contribution in [0.3, 0.4) is 0 Å². The van der Waals surface area contributed by atoms with Crippen LogP contribution in [0.4, 0.5) is 10.5 Å². The van der Waals surface area contributed by atoms with Crippen LogP contribution in [-0.2, 0) is 0 Å². The van der Waals surface area contributed by atoms with Gasteiger partial charge in [0.05, 0.1) is 3.79 Å². The first kappa shape index (κ1) is 17.4. The van der Waals surface area contributed by atoms with Crippen LogP contribution in [0.1, 0.15) is 29.8 Å². The first-order chi connectivity index (χ1) is 10.9. The van der Waals surface area contributed by atoms with E-state index in [1.165, 1.54) is 0 Å². The van der Waals surface area contributed by atoms with Crippen LogP contribution in [0.5, 0.6) is 0 Å². The van der Waals surface area contributed by atoms with E-state index in [0.29, 0.717) is 11.3 Å². The van der Waals surface area contributed by atoms with Crippen LogP contribution >= 0.6 is 27.3 Å². The van der Waals surface area contributed by atoms with Crippen LogP contribution in [0, 0.1) is 0 Å². The van der Waals surface area contributed by atoms with Crippen molar-refractivity contribution >= 4 is 50.8 Å². The number of halogens is 1. The molecular formula is C17H17BrN2O2S. The molecule has 4 nitrogen and oxygen atoms in total. The average molecular weight is 393 g/mol. The van der Waals surface area contributed by atoms with Gasteiger partial charge < -0.3 is 10.6 Å². The summed E-state index contributed by atoms with van der Waals surface area (Å²) in [4.78, 5) is 23.7. The summed E-state index contributed by atoms with van der Waals surface area (Å²) in [6.45, 7) is 3.78. The standard InChI is InChI=1S/C17H17BrN2O2S/c1-11(2)19-17(22)20-14-6-4-13(5-7-14)15(21)8-3-12-9-16(18)23-10-12/h3-11H,1-2H3,(H2,19,20,22)/b8-3+. The summed E-state index contributed by atoms with van der Waals surface area (Å²) >= 11 is 4.96. The lowest BCUT2D eigenvalue weighted by atomic mass is 10.1. The number of urea groups is 1. The van der Waals surface area contributed by atoms with Crippen molar-refractivity contribution in [3.05, 3.63) is 56.7 Å². The number of allylic oxidation sites excluding steroid dienone is 1. The second kappa shape index (κ2) is 8.08. The number of hydrogen-bond donors (Lipinski definition) is 2. The van der Waals surface area contributed by atoms with Crippen molar-refractivity contribution in [3.63, 3.8) is 0 Å². The van der Waals surface area contributed by atoms with Gasteiger partial charge in [0.15, 0.2) is 5.78 Å². The van der Waals surface area contributed by atoms with Crippen LogP contribution in [0.15, 0.2) is 45.6 Å². The van der Waals surface area contributed by atoms with Crippen LogP contribution in [0.2, 0.25) is 0 Å². The fourth-order valence-corrected chi connectivity index (χ4v) is 2.97. The summed E-state index contributed by atoms with van der Waals surface area (Å²) < 4.78 is 1.03. The zero-order chi connectivity index (χ0) is 16.8. The molecule has 2 aromatic rings. The van der Waals surface area contributed by atoms with Crippen molar-refractivity contribution in [3.8, 4) is 0 Å². The normalized spacial score (nSPS) is 11.0. The molecule has 2 rings (SSSR count). The third kappa shape index (κ3) is 5.65. The van der Waals surface area contributed by atoms with Gasteiger partial charge in [0.2, 0.25) is 0 Å². The maximum absolute atomic E-state index is 12.1. The molecule has 1 heterocycles. The number of anilines is 1. The van der Waals surface area contributed by atoms with Gasteiger partial charge in [-0.25, -0.2) is 4.79 Å². The van der Waals surface area contributed by atoms with E-state index < -0.39 is 0 Å². The Balaban J connectivity index is 1.97. The molecule has 0 saturated heterocycles. The highest BCUT2D eigenvalue weighted by atomic mass is 79.9. The highest BCUT2D eigenvalue weighted by Crippen LogP contribution is 2.21. The molecule has 0 aliphatic carbocycles. The summed E-state index contributed by atoms with van der Waals surface area (Å²) in [5, 5.41) is 7.42. The van der Waals surface area contributed by atoms with E-state index in [1.807, 2.05) is 25.3 Å². The first-order valence-electron chi connectivity index (χ1n) is 7.08. The molecular weight excluding hydrogens is 376 g/mol. The minimum Gasteiger partial charge on any atom is -0.336 e. The average Bonchev–Trinajstić information content (AvgIpc) is 2.90. The van der Waals surface area contributed by atoms with E-state index in [4.69, 9.17) is 0 Å². The van der Waals surface area contributed by atoms with E-state index in [2.05, 4.69) is 26.6 Å². The molecule has 2 amide bonds. The lowest BCUT2D eigenvalue weighted by Gasteiger charge is -2.10. The number of carbonyl (C=O) groups is 2. The Morgan fingerprint density at radius 3 is 2.48 bits per heavy atom. The number of rotatable bonds is 5. The number of benzene rings is 1. The maximum Gasteiger partial charge on any atom is 0.319 e. The molecule has 120 valence electrons. The van der Waals surface area contributed by atoms with Gasteiger partial charge in [-0.15, -0.1) is 11.3 Å². The highest BCUT2D eigenvalue weighted by molar-refractivity contribution is 9.11. The zero-order valence-corrected chi connectivity index (χ0v) is 15.2. The van der Waals surface area contributed by atoms with Crippen LogP contribution < -0.4 is 10.6 Å². The summed E-state index contributed by atoms with van der Waals surface area (Å²) in [6, 6.07) is 8.57. The maximum atomic E-state index is 12.1. The minimum atomic E-state index is -0.262. The predicted octanol–water partition coefficient (Wildman–Crippen LogP) is 4.94. The van der Waals surface area contributed by atoms with E-state index in [1.54, 1.807) is 47.8 Å². The second-order valence-corrected chi connectivity index (χ2v) is 7.50. The molecule has 0 aliphatic heterocycles. The number of thiophene rings is 1. The smallest absolute Gasteiger partial charge is 0.319 e. The van der Waals surface area contributed by atoms with Crippen molar-refractivity contribution in [2.24, 2.45) is 0 Å². The van der Waals surface area contributed by atoms with Gasteiger partial charge in [0.1, 0.15) is 0 Å². The molecule has 0 atom stereocenters. The van der Waals surface area contributed by atoms with Gasteiger partial charge in [0.25, 0.3) is 0 Å². The Hall–Kier alpha value is -1.92. The van der Waals surface area contributed by atoms with Crippen molar-refractivity contribution in [2.45, 2.75) is 19.9 Å². The van der Waals surface area contributed by atoms with Crippen molar-refractivity contribution < 1.29 is 9.59 Å². The molecule has 0 unspecified atom stereocenters. The van der Waals surface area contributed by atoms with E-state index >= 15 is 0 Å². The first-order valence-corrected chi connectivity index (χ1v) is 8.75. The number of nitrogens with one attached hydrogen (secondary N) is 2. The lowest BCUT2D eigenvalue weighted by molar-refractivity contribution is 0.104. The minimum absolute atomic E-state index is 0.0677. The fourth-order valence-electron chi connectivity index (χ4n) is 1.83. The fraction of sp³-hybridized carbons (Fsp3) is 0.176. The van der Waals surface area contributed by atoms with Gasteiger partial charge >= 0.3 is 6.03 Å². The molecule has 0 spiro atoms. The van der Waals surface area contributed by atoms with Gasteiger partial charge in [-0.05, 0) is 77.1 Å². The molecule has 0 saturated carbocycles. The number of carbonyl (C=O) groups excluding carboxylic acids is 2. The molecule has 0 aliphatic rings. The molecule has 2 N–H and O–H groups in total. The highest BCUT2D eigenvalue weighted by Gasteiger charge is 2.05. The topological polar surface area (TPSA) is 58.2 Å². The molecule has 1 aromatic heterocycles. The molecule has 0 bridgehead atoms. The molecule has 23 heavy (non-hydrogen) atoms. The van der Waals surface area contributed by atoms with Crippen molar-refractivity contribution in [1.29, 1.82) is 0 Å². The van der Waals surface area contributed by atoms with E-state index in [-0.39, 0.29) is 17.9 Å². The number of amides is 2. The van der Waals surface area contributed by atoms with Crippen molar-refractivity contribution in [1.82, 2.24) is 5.32 Å².